The Morgan fingerprint density at radius 1 is 1.12 bits per heavy atom. The zero-order valence-electron chi connectivity index (χ0n) is 18.8. The standard InChI is InChI=1S/C23H27ClFN5O4/c24-18-9-15(11-28-12-16(13-28)22(32)33)19(25)10-17(18)20-26-23(27-34-20)30-7-5-29(6-8-30)21(31)14-3-1-2-4-14/h9-10,14,16H,1-8,11-13H2,(H,32,33). The molecule has 3 aliphatic rings. The third kappa shape index (κ3) is 4.61. The second-order valence-corrected chi connectivity index (χ2v) is 9.75. The molecule has 1 amide bonds. The summed E-state index contributed by atoms with van der Waals surface area (Å²) in [7, 11) is 0. The minimum atomic E-state index is -0.834. The fraction of sp³-hybridized carbons (Fsp3) is 0.565. The molecule has 182 valence electrons. The molecular formula is C23H27ClFN5O4. The highest BCUT2D eigenvalue weighted by molar-refractivity contribution is 6.33. The molecule has 2 saturated heterocycles. The van der Waals surface area contributed by atoms with Gasteiger partial charge in [0.2, 0.25) is 5.91 Å². The van der Waals surface area contributed by atoms with Crippen LogP contribution >= 0.6 is 11.6 Å². The van der Waals surface area contributed by atoms with E-state index in [1.807, 2.05) is 14.7 Å². The highest BCUT2D eigenvalue weighted by Crippen LogP contribution is 2.32. The number of rotatable bonds is 6. The molecule has 5 rings (SSSR count). The number of carbonyl (C=O) groups is 2. The van der Waals surface area contributed by atoms with Crippen molar-refractivity contribution in [2.24, 2.45) is 11.8 Å². The van der Waals surface area contributed by atoms with Crippen molar-refractivity contribution in [3.05, 3.63) is 28.5 Å². The van der Waals surface area contributed by atoms with Crippen LogP contribution in [-0.2, 0) is 16.1 Å². The van der Waals surface area contributed by atoms with Gasteiger partial charge in [0.15, 0.2) is 0 Å². The average molecular weight is 492 g/mol. The number of likely N-dealkylation sites (tertiary alicyclic amines) is 1. The number of aromatic nitrogens is 2. The second kappa shape index (κ2) is 9.50. The van der Waals surface area contributed by atoms with Gasteiger partial charge in [-0.05, 0) is 30.1 Å². The van der Waals surface area contributed by atoms with Crippen molar-refractivity contribution in [1.29, 1.82) is 0 Å². The van der Waals surface area contributed by atoms with Gasteiger partial charge in [-0.3, -0.25) is 14.5 Å². The van der Waals surface area contributed by atoms with Crippen LogP contribution in [0.3, 0.4) is 0 Å². The highest BCUT2D eigenvalue weighted by Gasteiger charge is 2.33. The molecule has 0 atom stereocenters. The summed E-state index contributed by atoms with van der Waals surface area (Å²) in [6.07, 6.45) is 4.25. The number of halogens is 2. The maximum Gasteiger partial charge on any atom is 0.309 e. The molecule has 11 heteroatoms. The smallest absolute Gasteiger partial charge is 0.309 e. The lowest BCUT2D eigenvalue weighted by molar-refractivity contribution is -0.147. The molecule has 9 nitrogen and oxygen atoms in total. The first-order valence-electron chi connectivity index (χ1n) is 11.7. The van der Waals surface area contributed by atoms with Gasteiger partial charge < -0.3 is 19.4 Å². The Balaban J connectivity index is 1.21. The van der Waals surface area contributed by atoms with E-state index in [0.29, 0.717) is 56.3 Å². The van der Waals surface area contributed by atoms with Crippen molar-refractivity contribution in [2.75, 3.05) is 44.2 Å². The summed E-state index contributed by atoms with van der Waals surface area (Å²) in [6.45, 7) is 3.50. The molecular weight excluding hydrogens is 465 g/mol. The number of nitrogens with zero attached hydrogens (tertiary/aromatic N) is 5. The summed E-state index contributed by atoms with van der Waals surface area (Å²) < 4.78 is 20.1. The number of piperazine rings is 1. The van der Waals surface area contributed by atoms with Gasteiger partial charge in [-0.2, -0.15) is 4.98 Å². The quantitative estimate of drug-likeness (QED) is 0.658. The number of carboxylic acids is 1. The van der Waals surface area contributed by atoms with E-state index >= 15 is 0 Å². The van der Waals surface area contributed by atoms with Crippen LogP contribution in [0.2, 0.25) is 5.02 Å². The van der Waals surface area contributed by atoms with Crippen molar-refractivity contribution >= 4 is 29.4 Å². The number of hydrogen-bond acceptors (Lipinski definition) is 7. The minimum absolute atomic E-state index is 0.129. The number of carboxylic acid groups (broad SMARTS) is 1. The Bertz CT molecular complexity index is 1080. The Kier molecular flexibility index (Phi) is 6.44. The zero-order chi connectivity index (χ0) is 23.8. The van der Waals surface area contributed by atoms with Gasteiger partial charge >= 0.3 is 5.97 Å². The van der Waals surface area contributed by atoms with E-state index in [1.165, 1.54) is 12.1 Å². The first-order chi connectivity index (χ1) is 16.4. The highest BCUT2D eigenvalue weighted by atomic mass is 35.5. The van der Waals surface area contributed by atoms with Crippen molar-refractivity contribution in [1.82, 2.24) is 19.9 Å². The first kappa shape index (κ1) is 23.0. The molecule has 34 heavy (non-hydrogen) atoms. The molecule has 0 radical (unpaired) electrons. The molecule has 2 aliphatic heterocycles. The van der Waals surface area contributed by atoms with Crippen LogP contribution in [0, 0.1) is 17.7 Å². The maximum absolute atomic E-state index is 14.8. The molecule has 1 N–H and O–H groups in total. The molecule has 1 saturated carbocycles. The maximum atomic E-state index is 14.8. The van der Waals surface area contributed by atoms with Crippen LogP contribution in [0.1, 0.15) is 31.2 Å². The van der Waals surface area contributed by atoms with E-state index in [4.69, 9.17) is 21.2 Å². The lowest BCUT2D eigenvalue weighted by Gasteiger charge is -2.36. The third-order valence-electron chi connectivity index (χ3n) is 7.06. The Morgan fingerprint density at radius 2 is 1.82 bits per heavy atom. The fourth-order valence-corrected chi connectivity index (χ4v) is 5.25. The van der Waals surface area contributed by atoms with Crippen molar-refractivity contribution < 1.29 is 23.6 Å². The topological polar surface area (TPSA) is 103 Å². The van der Waals surface area contributed by atoms with E-state index in [9.17, 15) is 14.0 Å². The van der Waals surface area contributed by atoms with E-state index < -0.39 is 17.7 Å². The van der Waals surface area contributed by atoms with Crippen LogP contribution in [0.15, 0.2) is 16.7 Å². The largest absolute Gasteiger partial charge is 0.481 e. The summed E-state index contributed by atoms with van der Waals surface area (Å²) in [5, 5.41) is 13.3. The average Bonchev–Trinajstić information content (AvgIpc) is 3.50. The Hall–Kier alpha value is -2.72. The van der Waals surface area contributed by atoms with Crippen molar-refractivity contribution in [3.63, 3.8) is 0 Å². The first-order valence-corrected chi connectivity index (χ1v) is 12.1. The van der Waals surface area contributed by atoms with Crippen LogP contribution < -0.4 is 4.90 Å². The second-order valence-electron chi connectivity index (χ2n) is 9.35. The van der Waals surface area contributed by atoms with E-state index in [1.54, 1.807) is 0 Å². The molecule has 1 aromatic heterocycles. The van der Waals surface area contributed by atoms with Gasteiger partial charge in [0.25, 0.3) is 11.8 Å². The zero-order valence-corrected chi connectivity index (χ0v) is 19.5. The van der Waals surface area contributed by atoms with Gasteiger partial charge in [-0.15, -0.1) is 0 Å². The van der Waals surface area contributed by atoms with E-state index in [-0.39, 0.29) is 29.3 Å². The van der Waals surface area contributed by atoms with Gasteiger partial charge in [0.1, 0.15) is 5.82 Å². The van der Waals surface area contributed by atoms with Gasteiger partial charge in [0.05, 0.1) is 16.5 Å². The minimum Gasteiger partial charge on any atom is -0.481 e. The predicted molar refractivity (Wildman–Crippen MR) is 122 cm³/mol. The number of aliphatic carboxylic acids is 1. The van der Waals surface area contributed by atoms with Gasteiger partial charge in [0, 0.05) is 57.3 Å². The van der Waals surface area contributed by atoms with Crippen LogP contribution in [0.4, 0.5) is 10.3 Å². The SMILES string of the molecule is O=C(O)C1CN(Cc2cc(Cl)c(-c3nc(N4CCN(C(=O)C5CCCC5)CC4)no3)cc2F)C1. The molecule has 1 aromatic carbocycles. The molecule has 0 spiro atoms. The van der Waals surface area contributed by atoms with E-state index in [2.05, 4.69) is 10.1 Å². The molecule has 0 bridgehead atoms. The summed E-state index contributed by atoms with van der Waals surface area (Å²) >= 11 is 6.41. The lowest BCUT2D eigenvalue weighted by Crippen LogP contribution is -2.50. The van der Waals surface area contributed by atoms with Crippen molar-refractivity contribution in [2.45, 2.75) is 32.2 Å². The Morgan fingerprint density at radius 3 is 2.50 bits per heavy atom. The summed E-state index contributed by atoms with van der Waals surface area (Å²) in [6, 6.07) is 2.80. The Labute approximate surface area is 201 Å². The molecule has 0 unspecified atom stereocenters. The number of benzene rings is 1. The monoisotopic (exact) mass is 491 g/mol. The predicted octanol–water partition coefficient (Wildman–Crippen LogP) is 2.88. The van der Waals surface area contributed by atoms with Crippen LogP contribution in [0.5, 0.6) is 0 Å². The number of carbonyl (C=O) groups excluding carboxylic acids is 1. The number of hydrogen-bond donors (Lipinski definition) is 1. The normalized spacial score (nSPS) is 20.1. The lowest BCUT2D eigenvalue weighted by atomic mass is 9.99. The molecule has 1 aliphatic carbocycles. The molecule has 3 fully saturated rings. The number of anilines is 1. The van der Waals surface area contributed by atoms with Gasteiger partial charge in [-0.25, -0.2) is 4.39 Å². The third-order valence-corrected chi connectivity index (χ3v) is 7.37. The number of amides is 1. The fourth-order valence-electron chi connectivity index (χ4n) is 4.98. The summed E-state index contributed by atoms with van der Waals surface area (Å²) in [4.78, 5) is 33.7. The van der Waals surface area contributed by atoms with Crippen molar-refractivity contribution in [3.8, 4) is 11.5 Å². The molecule has 3 heterocycles. The molecule has 2 aromatic rings. The van der Waals surface area contributed by atoms with E-state index in [0.717, 1.165) is 25.7 Å². The van der Waals surface area contributed by atoms with Gasteiger partial charge in [-0.1, -0.05) is 24.4 Å². The van der Waals surface area contributed by atoms with Crippen LogP contribution in [0.25, 0.3) is 11.5 Å². The van der Waals surface area contributed by atoms with Crippen LogP contribution in [-0.4, -0.2) is 76.2 Å². The summed E-state index contributed by atoms with van der Waals surface area (Å²) in [5.41, 5.74) is 0.698. The summed E-state index contributed by atoms with van der Waals surface area (Å²) in [5.74, 6) is -0.755.